The van der Waals surface area contributed by atoms with E-state index in [0.29, 0.717) is 17.1 Å². The second kappa shape index (κ2) is 6.10. The minimum absolute atomic E-state index is 0.500. The van der Waals surface area contributed by atoms with Crippen molar-refractivity contribution in [1.82, 2.24) is 10.2 Å². The number of aliphatic hydroxyl groups is 1. The minimum atomic E-state index is -1.13. The lowest BCUT2D eigenvalue weighted by molar-refractivity contribution is -0.124. The number of para-hydroxylation sites is 1. The van der Waals surface area contributed by atoms with Gasteiger partial charge in [0.15, 0.2) is 0 Å². The maximum Gasteiger partial charge on any atom is 0.324 e. The van der Waals surface area contributed by atoms with Gasteiger partial charge in [-0.1, -0.05) is 30.3 Å². The van der Waals surface area contributed by atoms with Gasteiger partial charge in [0.1, 0.15) is 23.6 Å². The Morgan fingerprint density at radius 1 is 1.09 bits per heavy atom. The van der Waals surface area contributed by atoms with Crippen LogP contribution in [-0.4, -0.2) is 35.0 Å². The Hall–Kier alpha value is -2.86. The van der Waals surface area contributed by atoms with Crippen LogP contribution in [0.25, 0.3) is 0 Å². The van der Waals surface area contributed by atoms with Gasteiger partial charge in [-0.2, -0.15) is 0 Å². The minimum Gasteiger partial charge on any atom is -0.457 e. The molecule has 0 bridgehead atoms. The molecule has 1 saturated heterocycles. The van der Waals surface area contributed by atoms with E-state index in [0.717, 1.165) is 0 Å². The van der Waals surface area contributed by atoms with Gasteiger partial charge in [0.2, 0.25) is 0 Å². The van der Waals surface area contributed by atoms with Crippen LogP contribution in [0.15, 0.2) is 54.6 Å². The van der Waals surface area contributed by atoms with Gasteiger partial charge in [-0.05, 0) is 29.8 Å². The fourth-order valence-corrected chi connectivity index (χ4v) is 2.49. The summed E-state index contributed by atoms with van der Waals surface area (Å²) in [5, 5.41) is 12.6. The predicted molar refractivity (Wildman–Crippen MR) is 83.0 cm³/mol. The summed E-state index contributed by atoms with van der Waals surface area (Å²) in [5.41, 5.74) is 0.500. The Labute approximate surface area is 133 Å². The molecule has 1 fully saturated rings. The van der Waals surface area contributed by atoms with Crippen LogP contribution in [0.2, 0.25) is 0 Å². The smallest absolute Gasteiger partial charge is 0.324 e. The molecule has 0 spiro atoms. The number of hydrogen-bond donors (Lipinski definition) is 2. The third kappa shape index (κ3) is 3.02. The lowest BCUT2D eigenvalue weighted by Gasteiger charge is -2.22. The van der Waals surface area contributed by atoms with Gasteiger partial charge < -0.3 is 14.7 Å². The number of hydrogen-bond acceptors (Lipinski definition) is 4. The summed E-state index contributed by atoms with van der Waals surface area (Å²) in [6.07, 6.45) is -1.13. The fraction of sp³-hybridized carbons (Fsp3) is 0.176. The summed E-state index contributed by atoms with van der Waals surface area (Å²) in [5.74, 6) is 0.699. The first-order valence-electron chi connectivity index (χ1n) is 7.15. The van der Waals surface area contributed by atoms with E-state index in [1.165, 1.54) is 11.9 Å². The number of rotatable bonds is 4. The van der Waals surface area contributed by atoms with Gasteiger partial charge in [0.25, 0.3) is 5.91 Å². The van der Waals surface area contributed by atoms with Crippen LogP contribution in [0.1, 0.15) is 11.7 Å². The second-order valence-electron chi connectivity index (χ2n) is 5.28. The summed E-state index contributed by atoms with van der Waals surface area (Å²) < 4.78 is 5.71. The second-order valence-corrected chi connectivity index (χ2v) is 5.28. The van der Waals surface area contributed by atoms with Crippen LogP contribution < -0.4 is 10.1 Å². The molecule has 23 heavy (non-hydrogen) atoms. The van der Waals surface area contributed by atoms with Crippen molar-refractivity contribution in [2.45, 2.75) is 12.1 Å². The van der Waals surface area contributed by atoms with Crippen molar-refractivity contribution in [3.05, 3.63) is 60.2 Å². The third-order valence-corrected chi connectivity index (χ3v) is 3.71. The van der Waals surface area contributed by atoms with E-state index >= 15 is 0 Å². The van der Waals surface area contributed by atoms with Crippen LogP contribution >= 0.6 is 0 Å². The molecule has 0 aliphatic carbocycles. The standard InChI is InChI=1S/C17H16N2O4/c1-19-14(16(21)18-17(19)22)15(20)11-6-5-9-13(10-11)23-12-7-3-2-4-8-12/h2-10,14-15,20H,1H3,(H,18,21,22). The number of benzene rings is 2. The van der Waals surface area contributed by atoms with Gasteiger partial charge in [0, 0.05) is 7.05 Å². The van der Waals surface area contributed by atoms with Crippen LogP contribution in [0.5, 0.6) is 11.5 Å². The average Bonchev–Trinajstić information content (AvgIpc) is 2.80. The number of imide groups is 1. The molecule has 3 amide bonds. The number of nitrogens with zero attached hydrogens (tertiary/aromatic N) is 1. The van der Waals surface area contributed by atoms with Gasteiger partial charge in [-0.3, -0.25) is 10.1 Å². The number of ether oxygens (including phenoxy) is 1. The molecule has 2 aromatic rings. The van der Waals surface area contributed by atoms with E-state index in [9.17, 15) is 14.7 Å². The van der Waals surface area contributed by atoms with E-state index in [1.807, 2.05) is 30.3 Å². The predicted octanol–water partition coefficient (Wildman–Crippen LogP) is 2.06. The number of carbonyl (C=O) groups excluding carboxylic acids is 2. The largest absolute Gasteiger partial charge is 0.457 e. The molecule has 1 heterocycles. The van der Waals surface area contributed by atoms with Crippen molar-refractivity contribution in [3.63, 3.8) is 0 Å². The number of amides is 3. The molecule has 6 nitrogen and oxygen atoms in total. The molecule has 2 aromatic carbocycles. The molecule has 2 N–H and O–H groups in total. The molecule has 118 valence electrons. The topological polar surface area (TPSA) is 78.9 Å². The Morgan fingerprint density at radius 2 is 1.78 bits per heavy atom. The lowest BCUT2D eigenvalue weighted by atomic mass is 10.0. The summed E-state index contributed by atoms with van der Waals surface area (Å²) in [7, 11) is 1.47. The molecule has 2 unspecified atom stereocenters. The average molecular weight is 312 g/mol. The van der Waals surface area contributed by atoms with Crippen LogP contribution in [-0.2, 0) is 4.79 Å². The van der Waals surface area contributed by atoms with Crippen LogP contribution in [0, 0.1) is 0 Å². The van der Waals surface area contributed by atoms with Crippen LogP contribution in [0.4, 0.5) is 4.79 Å². The molecule has 1 aliphatic heterocycles. The van der Waals surface area contributed by atoms with Crippen molar-refractivity contribution in [3.8, 4) is 11.5 Å². The number of carbonyl (C=O) groups is 2. The molecular weight excluding hydrogens is 296 g/mol. The van der Waals surface area contributed by atoms with Crippen molar-refractivity contribution in [1.29, 1.82) is 0 Å². The number of nitrogens with one attached hydrogen (secondary N) is 1. The summed E-state index contributed by atoms with van der Waals surface area (Å²) in [6, 6.07) is 14.6. The zero-order valence-corrected chi connectivity index (χ0v) is 12.5. The van der Waals surface area contributed by atoms with Gasteiger partial charge in [0.05, 0.1) is 0 Å². The highest BCUT2D eigenvalue weighted by molar-refractivity contribution is 6.04. The molecule has 0 saturated carbocycles. The van der Waals surface area contributed by atoms with Crippen molar-refractivity contribution in [2.75, 3.05) is 7.05 Å². The Morgan fingerprint density at radius 3 is 2.43 bits per heavy atom. The maximum atomic E-state index is 11.8. The van der Waals surface area contributed by atoms with E-state index in [1.54, 1.807) is 24.3 Å². The van der Waals surface area contributed by atoms with Crippen molar-refractivity contribution < 1.29 is 19.4 Å². The van der Waals surface area contributed by atoms with Gasteiger partial charge in [-0.15, -0.1) is 0 Å². The Kier molecular flexibility index (Phi) is 3.99. The first kappa shape index (κ1) is 15.1. The van der Waals surface area contributed by atoms with E-state index in [4.69, 9.17) is 4.74 Å². The zero-order valence-electron chi connectivity index (χ0n) is 12.5. The number of urea groups is 1. The Bertz CT molecular complexity index is 732. The van der Waals surface area contributed by atoms with Gasteiger partial charge >= 0.3 is 6.03 Å². The normalized spacial score (nSPS) is 18.7. The number of likely N-dealkylation sites (N-methyl/N-ethyl adjacent to an activating group) is 1. The highest BCUT2D eigenvalue weighted by Gasteiger charge is 2.41. The first-order valence-corrected chi connectivity index (χ1v) is 7.15. The zero-order chi connectivity index (χ0) is 16.4. The maximum absolute atomic E-state index is 11.8. The quantitative estimate of drug-likeness (QED) is 0.847. The molecule has 1 aliphatic rings. The van der Waals surface area contributed by atoms with E-state index in [2.05, 4.69) is 5.32 Å². The Balaban J connectivity index is 1.82. The highest BCUT2D eigenvalue weighted by atomic mass is 16.5. The summed E-state index contributed by atoms with van der Waals surface area (Å²) in [6.45, 7) is 0. The molecule has 6 heteroatoms. The van der Waals surface area contributed by atoms with E-state index in [-0.39, 0.29) is 0 Å². The SMILES string of the molecule is CN1C(=O)NC(=O)C1C(O)c1cccc(Oc2ccccc2)c1. The summed E-state index contributed by atoms with van der Waals surface area (Å²) in [4.78, 5) is 24.5. The highest BCUT2D eigenvalue weighted by Crippen LogP contribution is 2.28. The molecule has 0 aromatic heterocycles. The summed E-state index contributed by atoms with van der Waals surface area (Å²) >= 11 is 0. The molecule has 3 rings (SSSR count). The van der Waals surface area contributed by atoms with Crippen LogP contribution in [0.3, 0.4) is 0 Å². The van der Waals surface area contributed by atoms with Crippen molar-refractivity contribution in [2.24, 2.45) is 0 Å². The van der Waals surface area contributed by atoms with Gasteiger partial charge in [-0.25, -0.2) is 4.79 Å². The molecule has 2 atom stereocenters. The fourth-order valence-electron chi connectivity index (χ4n) is 2.49. The van der Waals surface area contributed by atoms with E-state index < -0.39 is 24.1 Å². The lowest BCUT2D eigenvalue weighted by Crippen LogP contribution is -2.37. The first-order chi connectivity index (χ1) is 11.1. The number of aliphatic hydroxyl groups excluding tert-OH is 1. The molecular formula is C17H16N2O4. The monoisotopic (exact) mass is 312 g/mol. The van der Waals surface area contributed by atoms with Crippen molar-refractivity contribution >= 4 is 11.9 Å². The third-order valence-electron chi connectivity index (χ3n) is 3.71. The molecule has 0 radical (unpaired) electrons.